The van der Waals surface area contributed by atoms with Crippen molar-refractivity contribution in [2.75, 3.05) is 45.9 Å². The first-order valence-corrected chi connectivity index (χ1v) is 14.3. The van der Waals surface area contributed by atoms with E-state index in [4.69, 9.17) is 24.5 Å². The average Bonchev–Trinajstić information content (AvgIpc) is 2.89. The monoisotopic (exact) mass is 592 g/mol. The summed E-state index contributed by atoms with van der Waals surface area (Å²) in [4.78, 5) is 19.8. The molecule has 0 radical (unpaired) electrons. The Bertz CT molecular complexity index is 1200. The van der Waals surface area contributed by atoms with Crippen LogP contribution in [0.15, 0.2) is 40.8 Å². The Morgan fingerprint density at radius 2 is 1.75 bits per heavy atom. The van der Waals surface area contributed by atoms with Gasteiger partial charge in [-0.15, -0.1) is 0 Å². The van der Waals surface area contributed by atoms with Crippen LogP contribution in [0.2, 0.25) is 0 Å². The van der Waals surface area contributed by atoms with E-state index in [1.807, 2.05) is 4.90 Å². The van der Waals surface area contributed by atoms with Gasteiger partial charge in [0.25, 0.3) is 0 Å². The number of sulfonamides is 1. The minimum atomic E-state index is -4.60. The SMILES string of the molecule is CC1(C)C2CC=C(COCC(O)CN3CCN(S(=O)(=O)c4cccc(C(F)(F)F)c4)CC3)C1C2.O=C(O)C(=O)O. The van der Waals surface area contributed by atoms with Crippen LogP contribution in [-0.2, 0) is 30.5 Å². The number of carboxylic acid groups (broad SMARTS) is 2. The normalized spacial score (nSPS) is 23.7. The lowest BCUT2D eigenvalue weighted by Gasteiger charge is -2.56. The molecule has 5 rings (SSSR count). The molecule has 2 fully saturated rings. The Hall–Kier alpha value is -2.52. The largest absolute Gasteiger partial charge is 0.473 e. The molecule has 1 saturated heterocycles. The Labute approximate surface area is 231 Å². The van der Waals surface area contributed by atoms with Crippen molar-refractivity contribution in [2.24, 2.45) is 17.3 Å². The molecule has 3 atom stereocenters. The van der Waals surface area contributed by atoms with E-state index >= 15 is 0 Å². The van der Waals surface area contributed by atoms with Crippen LogP contribution in [0.3, 0.4) is 0 Å². The molecule has 3 unspecified atom stereocenters. The molecule has 10 nitrogen and oxygen atoms in total. The number of carbonyl (C=O) groups is 2. The number of aliphatic hydroxyl groups is 1. The Morgan fingerprint density at radius 3 is 2.27 bits per heavy atom. The van der Waals surface area contributed by atoms with E-state index in [1.165, 1.54) is 22.4 Å². The number of benzene rings is 1. The number of fused-ring (bicyclic) bond motifs is 1. The first-order valence-electron chi connectivity index (χ1n) is 12.8. The van der Waals surface area contributed by atoms with Gasteiger partial charge in [-0.3, -0.25) is 4.90 Å². The van der Waals surface area contributed by atoms with Gasteiger partial charge in [0.2, 0.25) is 10.0 Å². The molecular weight excluding hydrogens is 557 g/mol. The van der Waals surface area contributed by atoms with Crippen LogP contribution in [-0.4, -0.2) is 96.9 Å². The summed E-state index contributed by atoms with van der Waals surface area (Å²) < 4.78 is 71.6. The summed E-state index contributed by atoms with van der Waals surface area (Å²) in [6.07, 6.45) is -0.706. The third-order valence-electron chi connectivity index (χ3n) is 7.94. The molecule has 1 aliphatic heterocycles. The maximum atomic E-state index is 13.0. The number of carboxylic acids is 2. The fraction of sp³-hybridized carbons (Fsp3) is 0.615. The molecule has 1 aromatic rings. The molecule has 40 heavy (non-hydrogen) atoms. The maximum absolute atomic E-state index is 13.0. The van der Waals surface area contributed by atoms with Gasteiger partial charge in [0.05, 0.1) is 29.8 Å². The highest BCUT2D eigenvalue weighted by Gasteiger charge is 2.51. The van der Waals surface area contributed by atoms with Crippen LogP contribution in [0.25, 0.3) is 0 Å². The zero-order chi connectivity index (χ0) is 29.9. The number of allylic oxidation sites excluding steroid dienone is 1. The topological polar surface area (TPSA) is 145 Å². The number of β-amino-alcohol motifs (C(OH)–C–C–N with tert-alkyl or cyclic N) is 1. The number of hydrogen-bond donors (Lipinski definition) is 3. The van der Waals surface area contributed by atoms with Crippen molar-refractivity contribution in [1.82, 2.24) is 9.21 Å². The first kappa shape index (κ1) is 32.0. The van der Waals surface area contributed by atoms with Crippen LogP contribution in [0.5, 0.6) is 0 Å². The van der Waals surface area contributed by atoms with E-state index in [1.54, 1.807) is 0 Å². The molecule has 1 saturated carbocycles. The molecule has 3 aliphatic carbocycles. The lowest BCUT2D eigenvalue weighted by Crippen LogP contribution is -2.50. The number of halogens is 3. The number of aliphatic carboxylic acids is 2. The van der Waals surface area contributed by atoms with Gasteiger partial charge < -0.3 is 20.1 Å². The third kappa shape index (κ3) is 7.60. The summed E-state index contributed by atoms with van der Waals surface area (Å²) in [6, 6.07) is 3.82. The number of piperazine rings is 1. The van der Waals surface area contributed by atoms with Gasteiger partial charge in [-0.05, 0) is 53.9 Å². The van der Waals surface area contributed by atoms with Gasteiger partial charge in [-0.1, -0.05) is 26.0 Å². The molecule has 3 N–H and O–H groups in total. The zero-order valence-corrected chi connectivity index (χ0v) is 23.1. The summed E-state index contributed by atoms with van der Waals surface area (Å²) in [5.74, 6) is -2.32. The second-order valence-corrected chi connectivity index (χ2v) is 12.8. The standard InChI is InChI=1S/C24H33F3N2O4S.C2H2O4/c1-23(2)18-7-6-17(22(23)13-18)15-33-16-20(30)14-28-8-10-29(11-9-28)34(31,32)21-5-3-4-19(12-21)24(25,26)27;3-1(4)2(5)6/h3-6,12,18,20,22,30H,7-11,13-16H2,1-2H3;(H,3,4)(H,5,6). The zero-order valence-electron chi connectivity index (χ0n) is 22.3. The van der Waals surface area contributed by atoms with E-state index in [0.29, 0.717) is 43.6 Å². The predicted octanol–water partition coefficient (Wildman–Crippen LogP) is 2.54. The molecule has 1 heterocycles. The summed E-state index contributed by atoms with van der Waals surface area (Å²) in [5, 5.41) is 25.2. The fourth-order valence-electron chi connectivity index (χ4n) is 5.44. The highest BCUT2D eigenvalue weighted by atomic mass is 32.2. The third-order valence-corrected chi connectivity index (χ3v) is 9.84. The van der Waals surface area contributed by atoms with Gasteiger partial charge >= 0.3 is 18.1 Å². The van der Waals surface area contributed by atoms with E-state index in [9.17, 15) is 26.7 Å². The summed E-state index contributed by atoms with van der Waals surface area (Å²) in [6.45, 7) is 6.77. The highest BCUT2D eigenvalue weighted by Crippen LogP contribution is 2.59. The smallest absolute Gasteiger partial charge is 0.416 e. The summed E-state index contributed by atoms with van der Waals surface area (Å²) in [5.41, 5.74) is 0.674. The molecule has 1 aromatic carbocycles. The Balaban J connectivity index is 0.000000663. The van der Waals surface area contributed by atoms with Crippen LogP contribution in [0, 0.1) is 17.3 Å². The van der Waals surface area contributed by atoms with Gasteiger partial charge in [-0.2, -0.15) is 17.5 Å². The molecule has 0 amide bonds. The lowest BCUT2D eigenvalue weighted by atomic mass is 9.49. The van der Waals surface area contributed by atoms with Gasteiger partial charge in [0.15, 0.2) is 0 Å². The van der Waals surface area contributed by atoms with Crippen LogP contribution in [0.4, 0.5) is 13.2 Å². The van der Waals surface area contributed by atoms with E-state index in [-0.39, 0.29) is 24.6 Å². The quantitative estimate of drug-likeness (QED) is 0.306. The van der Waals surface area contributed by atoms with Crippen LogP contribution < -0.4 is 0 Å². The predicted molar refractivity (Wildman–Crippen MR) is 137 cm³/mol. The number of alkyl halides is 3. The number of rotatable bonds is 8. The lowest BCUT2D eigenvalue weighted by molar-refractivity contribution is -0.159. The molecule has 0 spiro atoms. The molecule has 4 aliphatic rings. The molecule has 2 bridgehead atoms. The Morgan fingerprint density at radius 1 is 1.12 bits per heavy atom. The van der Waals surface area contributed by atoms with E-state index < -0.39 is 39.8 Å². The van der Waals surface area contributed by atoms with Crippen molar-refractivity contribution in [3.63, 3.8) is 0 Å². The number of hydrogen-bond acceptors (Lipinski definition) is 7. The highest BCUT2D eigenvalue weighted by molar-refractivity contribution is 7.89. The number of ether oxygens (including phenoxy) is 1. The van der Waals surface area contributed by atoms with Gasteiger partial charge in [0, 0.05) is 32.7 Å². The van der Waals surface area contributed by atoms with E-state index in [0.717, 1.165) is 24.5 Å². The number of aliphatic hydroxyl groups excluding tert-OH is 1. The molecular formula is C26H35F3N2O8S. The Kier molecular flexibility index (Phi) is 10.0. The fourth-order valence-corrected chi connectivity index (χ4v) is 6.91. The average molecular weight is 593 g/mol. The van der Waals surface area contributed by atoms with Crippen molar-refractivity contribution in [3.8, 4) is 0 Å². The maximum Gasteiger partial charge on any atom is 0.416 e. The minimum Gasteiger partial charge on any atom is -0.473 e. The number of nitrogens with zero attached hydrogens (tertiary/aromatic N) is 2. The minimum absolute atomic E-state index is 0.150. The second kappa shape index (κ2) is 12.6. The van der Waals surface area contributed by atoms with Crippen molar-refractivity contribution < 1.29 is 51.2 Å². The molecule has 224 valence electrons. The molecule has 14 heteroatoms. The van der Waals surface area contributed by atoms with Gasteiger partial charge in [-0.25, -0.2) is 18.0 Å². The summed E-state index contributed by atoms with van der Waals surface area (Å²) >= 11 is 0. The van der Waals surface area contributed by atoms with Crippen molar-refractivity contribution in [2.45, 2.75) is 43.9 Å². The summed E-state index contributed by atoms with van der Waals surface area (Å²) in [7, 11) is -4.02. The first-order chi connectivity index (χ1) is 18.5. The van der Waals surface area contributed by atoms with Crippen LogP contribution in [0.1, 0.15) is 32.3 Å². The van der Waals surface area contributed by atoms with Crippen molar-refractivity contribution >= 4 is 22.0 Å². The second-order valence-electron chi connectivity index (χ2n) is 10.8. The van der Waals surface area contributed by atoms with Gasteiger partial charge in [0.1, 0.15) is 0 Å². The van der Waals surface area contributed by atoms with Crippen LogP contribution >= 0.6 is 0 Å². The van der Waals surface area contributed by atoms with Crippen molar-refractivity contribution in [1.29, 1.82) is 0 Å². The van der Waals surface area contributed by atoms with Crippen molar-refractivity contribution in [3.05, 3.63) is 41.5 Å². The molecule has 0 aromatic heterocycles. The van der Waals surface area contributed by atoms with E-state index in [2.05, 4.69) is 19.9 Å².